The molecule has 0 bridgehead atoms. The Morgan fingerprint density at radius 3 is 2.72 bits per heavy atom. The molecule has 0 radical (unpaired) electrons. The molecular weight excluding hydrogens is 424 g/mol. The number of benzene rings is 1. The van der Waals surface area contributed by atoms with Crippen LogP contribution in [0.4, 0.5) is 8.78 Å². The molecule has 1 amide bonds. The van der Waals surface area contributed by atoms with Crippen molar-refractivity contribution in [3.8, 4) is 23.0 Å². The normalized spacial score (nSPS) is 13.2. The van der Waals surface area contributed by atoms with Crippen LogP contribution in [0.2, 0.25) is 0 Å². The summed E-state index contributed by atoms with van der Waals surface area (Å²) in [5.41, 5.74) is 6.17. The lowest BCUT2D eigenvalue weighted by Gasteiger charge is -2.12. The molecular formula is C21H21F2N5O4. The van der Waals surface area contributed by atoms with Gasteiger partial charge < -0.3 is 24.9 Å². The van der Waals surface area contributed by atoms with Crippen LogP contribution < -0.4 is 20.5 Å². The summed E-state index contributed by atoms with van der Waals surface area (Å²) in [5.74, 6) is 0.686. The monoisotopic (exact) mass is 445 g/mol. The first-order valence-electron chi connectivity index (χ1n) is 9.99. The average molecular weight is 445 g/mol. The highest BCUT2D eigenvalue weighted by atomic mass is 19.3. The van der Waals surface area contributed by atoms with Gasteiger partial charge in [-0.2, -0.15) is 8.78 Å². The van der Waals surface area contributed by atoms with Crippen molar-refractivity contribution in [3.05, 3.63) is 53.9 Å². The summed E-state index contributed by atoms with van der Waals surface area (Å²) < 4.78 is 41.4. The maximum atomic E-state index is 12.7. The second-order valence-electron chi connectivity index (χ2n) is 7.14. The smallest absolute Gasteiger partial charge is 0.387 e. The Hall–Kier alpha value is -3.60. The van der Waals surface area contributed by atoms with Crippen LogP contribution in [0.3, 0.4) is 0 Å². The molecule has 2 heterocycles. The van der Waals surface area contributed by atoms with Gasteiger partial charge in [0.05, 0.1) is 19.7 Å². The highest BCUT2D eigenvalue weighted by Crippen LogP contribution is 2.36. The van der Waals surface area contributed by atoms with Crippen LogP contribution in [0, 0.1) is 5.92 Å². The lowest BCUT2D eigenvalue weighted by Crippen LogP contribution is -2.25. The number of oxazole rings is 1. The van der Waals surface area contributed by atoms with Crippen molar-refractivity contribution in [2.45, 2.75) is 32.5 Å². The summed E-state index contributed by atoms with van der Waals surface area (Å²) in [7, 11) is 0. The summed E-state index contributed by atoms with van der Waals surface area (Å²) in [5, 5.41) is 2.67. The number of carbonyl (C=O) groups excluding carboxylic acids is 1. The number of amides is 1. The summed E-state index contributed by atoms with van der Waals surface area (Å²) in [6.07, 6.45) is 5.21. The Kier molecular flexibility index (Phi) is 6.55. The van der Waals surface area contributed by atoms with E-state index < -0.39 is 12.5 Å². The third-order valence-corrected chi connectivity index (χ3v) is 4.70. The molecule has 3 aromatic rings. The van der Waals surface area contributed by atoms with Gasteiger partial charge in [0.2, 0.25) is 5.89 Å². The van der Waals surface area contributed by atoms with Gasteiger partial charge in [0, 0.05) is 18.0 Å². The van der Waals surface area contributed by atoms with Crippen LogP contribution in [0.25, 0.3) is 11.5 Å². The number of ether oxygens (including phenoxy) is 2. The van der Waals surface area contributed by atoms with Crippen molar-refractivity contribution in [1.82, 2.24) is 20.3 Å². The molecule has 0 saturated heterocycles. The number of nitrogens with one attached hydrogen (secondary N) is 1. The van der Waals surface area contributed by atoms with E-state index in [4.69, 9.17) is 14.9 Å². The van der Waals surface area contributed by atoms with Crippen molar-refractivity contribution < 1.29 is 27.5 Å². The van der Waals surface area contributed by atoms with E-state index in [9.17, 15) is 13.6 Å². The number of nitrogens with two attached hydrogens (primary N) is 1. The number of nitrogens with zero attached hydrogens (tertiary/aromatic N) is 3. The minimum absolute atomic E-state index is 0.0202. The standard InChI is InChI=1S/C21H21F2N5O4/c22-21(23)32-14-5-4-13(8-15(14)30-11-12-2-3-12)20-28-18(16(9-24)31-20)19(29)27-10-17-25-6-1-7-26-17/h1,4-8,12,21H,2-3,9-11,24H2,(H,27,29). The van der Waals surface area contributed by atoms with Crippen LogP contribution in [-0.4, -0.2) is 34.1 Å². The molecule has 4 rings (SSSR count). The quantitative estimate of drug-likeness (QED) is 0.488. The molecule has 32 heavy (non-hydrogen) atoms. The first kappa shape index (κ1) is 21.6. The lowest BCUT2D eigenvalue weighted by atomic mass is 10.2. The van der Waals surface area contributed by atoms with E-state index in [0.717, 1.165) is 12.8 Å². The van der Waals surface area contributed by atoms with Crippen molar-refractivity contribution in [2.24, 2.45) is 11.7 Å². The molecule has 11 heteroatoms. The topological polar surface area (TPSA) is 125 Å². The maximum absolute atomic E-state index is 12.7. The number of halogens is 2. The maximum Gasteiger partial charge on any atom is 0.387 e. The molecule has 1 aromatic carbocycles. The van der Waals surface area contributed by atoms with Crippen LogP contribution in [0.15, 0.2) is 41.1 Å². The third-order valence-electron chi connectivity index (χ3n) is 4.70. The molecule has 1 aliphatic carbocycles. The van der Waals surface area contributed by atoms with Gasteiger partial charge in [-0.15, -0.1) is 0 Å². The summed E-state index contributed by atoms with van der Waals surface area (Å²) in [6, 6.07) is 6.00. The highest BCUT2D eigenvalue weighted by molar-refractivity contribution is 5.93. The zero-order chi connectivity index (χ0) is 22.5. The largest absolute Gasteiger partial charge is 0.489 e. The molecule has 1 fully saturated rings. The molecule has 9 nitrogen and oxygen atoms in total. The van der Waals surface area contributed by atoms with Crippen LogP contribution in [0.5, 0.6) is 11.5 Å². The van der Waals surface area contributed by atoms with Crippen LogP contribution in [0.1, 0.15) is 34.9 Å². The van der Waals surface area contributed by atoms with E-state index in [1.54, 1.807) is 18.5 Å². The molecule has 1 saturated carbocycles. The minimum Gasteiger partial charge on any atom is -0.489 e. The first-order valence-corrected chi connectivity index (χ1v) is 9.99. The number of hydrogen-bond donors (Lipinski definition) is 2. The van der Waals surface area contributed by atoms with Gasteiger partial charge in [-0.25, -0.2) is 15.0 Å². The fraction of sp³-hybridized carbons (Fsp3) is 0.333. The molecule has 0 atom stereocenters. The number of alkyl halides is 2. The Bertz CT molecular complexity index is 1070. The van der Waals surface area contributed by atoms with E-state index in [0.29, 0.717) is 23.9 Å². The predicted molar refractivity (Wildman–Crippen MR) is 108 cm³/mol. The third kappa shape index (κ3) is 5.35. The molecule has 2 aromatic heterocycles. The van der Waals surface area contributed by atoms with Gasteiger partial charge in [0.25, 0.3) is 5.91 Å². The van der Waals surface area contributed by atoms with E-state index in [1.807, 2.05) is 0 Å². The van der Waals surface area contributed by atoms with E-state index in [-0.39, 0.29) is 41.9 Å². The Labute approximate surface area is 182 Å². The molecule has 0 aliphatic heterocycles. The molecule has 0 spiro atoms. The zero-order valence-electron chi connectivity index (χ0n) is 17.0. The van der Waals surface area contributed by atoms with Crippen LogP contribution in [-0.2, 0) is 13.1 Å². The lowest BCUT2D eigenvalue weighted by molar-refractivity contribution is -0.0515. The molecule has 1 aliphatic rings. The second kappa shape index (κ2) is 9.69. The van der Waals surface area contributed by atoms with E-state index in [2.05, 4.69) is 25.0 Å². The molecule has 168 valence electrons. The Morgan fingerprint density at radius 2 is 2.03 bits per heavy atom. The van der Waals surface area contributed by atoms with Gasteiger partial charge in [0.1, 0.15) is 5.82 Å². The summed E-state index contributed by atoms with van der Waals surface area (Å²) >= 11 is 0. The average Bonchev–Trinajstić information content (AvgIpc) is 3.53. The zero-order valence-corrected chi connectivity index (χ0v) is 17.0. The fourth-order valence-electron chi connectivity index (χ4n) is 2.89. The number of rotatable bonds is 10. The Morgan fingerprint density at radius 1 is 1.25 bits per heavy atom. The van der Waals surface area contributed by atoms with Crippen molar-refractivity contribution in [1.29, 1.82) is 0 Å². The van der Waals surface area contributed by atoms with Gasteiger partial charge in [-0.1, -0.05) is 0 Å². The van der Waals surface area contributed by atoms with Crippen molar-refractivity contribution in [2.75, 3.05) is 6.61 Å². The predicted octanol–water partition coefficient (Wildman–Crippen LogP) is 2.91. The van der Waals surface area contributed by atoms with E-state index in [1.165, 1.54) is 18.2 Å². The van der Waals surface area contributed by atoms with Gasteiger partial charge in [-0.05, 0) is 43.0 Å². The van der Waals surface area contributed by atoms with Gasteiger partial charge in [-0.3, -0.25) is 4.79 Å². The molecule has 3 N–H and O–H groups in total. The van der Waals surface area contributed by atoms with Crippen LogP contribution >= 0.6 is 0 Å². The van der Waals surface area contributed by atoms with Crippen molar-refractivity contribution >= 4 is 5.91 Å². The number of carbonyl (C=O) groups is 1. The van der Waals surface area contributed by atoms with Crippen molar-refractivity contribution in [3.63, 3.8) is 0 Å². The first-order chi connectivity index (χ1) is 15.5. The van der Waals surface area contributed by atoms with Gasteiger partial charge in [0.15, 0.2) is 23.0 Å². The minimum atomic E-state index is -2.99. The summed E-state index contributed by atoms with van der Waals surface area (Å²) in [4.78, 5) is 24.9. The van der Waals surface area contributed by atoms with Gasteiger partial charge >= 0.3 is 6.61 Å². The highest BCUT2D eigenvalue weighted by Gasteiger charge is 2.24. The second-order valence-corrected chi connectivity index (χ2v) is 7.14. The number of aromatic nitrogens is 3. The Balaban J connectivity index is 1.55. The fourth-order valence-corrected chi connectivity index (χ4v) is 2.89. The number of hydrogen-bond acceptors (Lipinski definition) is 8. The SMILES string of the molecule is NCc1oc(-c2ccc(OC(F)F)c(OCC3CC3)c2)nc1C(=O)NCc1ncccn1. The molecule has 0 unspecified atom stereocenters. The van der Waals surface area contributed by atoms with E-state index >= 15 is 0 Å². The summed E-state index contributed by atoms with van der Waals surface area (Å²) in [6.45, 7) is -2.55.